The summed E-state index contributed by atoms with van der Waals surface area (Å²) in [5.41, 5.74) is 1.17. The van der Waals surface area contributed by atoms with Gasteiger partial charge in [0.2, 0.25) is 0 Å². The number of nitrogens with zero attached hydrogens (tertiary/aromatic N) is 1. The molecule has 1 aromatic carbocycles. The molecule has 0 bridgehead atoms. The van der Waals surface area contributed by atoms with Gasteiger partial charge in [0, 0.05) is 12.2 Å². The fraction of sp³-hybridized carbons (Fsp3) is 0.500. The van der Waals surface area contributed by atoms with Gasteiger partial charge >= 0.3 is 12.3 Å². The highest BCUT2D eigenvalue weighted by atomic mass is 32.1. The molecule has 0 radical (unpaired) electrons. The minimum absolute atomic E-state index is 0.0563. The molecule has 1 aromatic rings. The number of carbonyl (C=O) groups is 1. The monoisotopic (exact) mass is 462 g/mol. The third-order valence-corrected chi connectivity index (χ3v) is 5.18. The zero-order valence-corrected chi connectivity index (χ0v) is 17.5. The lowest BCUT2D eigenvalue weighted by Crippen LogP contribution is -2.37. The maximum atomic E-state index is 13.1. The van der Waals surface area contributed by atoms with Gasteiger partial charge in [-0.05, 0) is 48.8 Å². The van der Waals surface area contributed by atoms with E-state index < -0.39 is 19.0 Å². The predicted octanol–water partition coefficient (Wildman–Crippen LogP) is 3.35. The van der Waals surface area contributed by atoms with E-state index in [1.54, 1.807) is 24.3 Å². The minimum Gasteiger partial charge on any atom is -0.496 e. The summed E-state index contributed by atoms with van der Waals surface area (Å²) in [6, 6.07) is 4.79. The molecule has 1 atom stereocenters. The number of benzene rings is 1. The molecule has 2 heterocycles. The second-order valence-electron chi connectivity index (χ2n) is 7.16. The normalized spacial score (nSPS) is 20.8. The van der Waals surface area contributed by atoms with E-state index >= 15 is 0 Å². The Morgan fingerprint density at radius 2 is 2.19 bits per heavy atom. The molecule has 2 aliphatic heterocycles. The molecule has 0 spiro atoms. The van der Waals surface area contributed by atoms with Crippen LogP contribution in [0.3, 0.4) is 0 Å². The molecular formula is C20H22F4N2O4S. The molecule has 0 aromatic heterocycles. The lowest BCUT2D eigenvalue weighted by molar-refractivity contribution is -0.168. The fourth-order valence-electron chi connectivity index (χ4n) is 3.26. The van der Waals surface area contributed by atoms with Gasteiger partial charge < -0.3 is 19.5 Å². The lowest BCUT2D eigenvalue weighted by atomic mass is 10.1. The van der Waals surface area contributed by atoms with Crippen LogP contribution in [0.1, 0.15) is 24.0 Å². The van der Waals surface area contributed by atoms with Gasteiger partial charge in [0.25, 0.3) is 5.91 Å². The Morgan fingerprint density at radius 1 is 1.42 bits per heavy atom. The molecule has 0 saturated carbocycles. The quantitative estimate of drug-likeness (QED) is 0.345. The maximum Gasteiger partial charge on any atom is 0.330 e. The summed E-state index contributed by atoms with van der Waals surface area (Å²) in [4.78, 5) is 14.2. The van der Waals surface area contributed by atoms with Crippen LogP contribution in [0.2, 0.25) is 0 Å². The van der Waals surface area contributed by atoms with Crippen molar-refractivity contribution in [2.75, 3.05) is 26.9 Å². The molecule has 1 N–H and O–H groups in total. The van der Waals surface area contributed by atoms with E-state index in [0.29, 0.717) is 30.0 Å². The van der Waals surface area contributed by atoms with Crippen LogP contribution in [-0.4, -0.2) is 61.2 Å². The van der Waals surface area contributed by atoms with Gasteiger partial charge in [0.15, 0.2) is 5.11 Å². The van der Waals surface area contributed by atoms with Crippen molar-refractivity contribution in [1.29, 1.82) is 0 Å². The first-order valence-corrected chi connectivity index (χ1v) is 9.99. The molecule has 1 amide bonds. The van der Waals surface area contributed by atoms with Crippen LogP contribution in [0.4, 0.5) is 17.6 Å². The Labute approximate surface area is 182 Å². The number of rotatable bonds is 9. The number of ether oxygens (including phenoxy) is 3. The van der Waals surface area contributed by atoms with Crippen molar-refractivity contribution in [1.82, 2.24) is 10.2 Å². The fourth-order valence-corrected chi connectivity index (χ4v) is 3.52. The van der Waals surface area contributed by atoms with Crippen LogP contribution in [0, 0.1) is 0 Å². The van der Waals surface area contributed by atoms with E-state index in [2.05, 4.69) is 5.32 Å². The van der Waals surface area contributed by atoms with E-state index in [9.17, 15) is 22.4 Å². The zero-order chi connectivity index (χ0) is 22.6. The molecule has 2 aliphatic rings. The first kappa shape index (κ1) is 23.4. The number of carbonyl (C=O) groups excluding carboxylic acids is 1. The molecule has 1 unspecified atom stereocenters. The first-order chi connectivity index (χ1) is 14.7. The number of methoxy groups -OCH3 is 1. The Balaban J connectivity index is 1.71. The first-order valence-electron chi connectivity index (χ1n) is 9.58. The van der Waals surface area contributed by atoms with Gasteiger partial charge in [-0.3, -0.25) is 9.69 Å². The number of thiocarbonyl (C=S) groups is 1. The summed E-state index contributed by atoms with van der Waals surface area (Å²) in [5.74, 6) is -4.20. The Kier molecular flexibility index (Phi) is 7.50. The molecule has 3 rings (SSSR count). The topological polar surface area (TPSA) is 60.0 Å². The molecular weight excluding hydrogens is 440 g/mol. The number of halogens is 4. The van der Waals surface area contributed by atoms with Crippen LogP contribution < -0.4 is 10.1 Å². The van der Waals surface area contributed by atoms with Crippen molar-refractivity contribution in [2.45, 2.75) is 37.9 Å². The summed E-state index contributed by atoms with van der Waals surface area (Å²) >= 11 is 5.25. The average molecular weight is 462 g/mol. The van der Waals surface area contributed by atoms with Gasteiger partial charge in [-0.2, -0.15) is 8.78 Å². The van der Waals surface area contributed by atoms with Crippen molar-refractivity contribution in [3.63, 3.8) is 0 Å². The summed E-state index contributed by atoms with van der Waals surface area (Å²) in [5, 5.41) is 3.14. The van der Waals surface area contributed by atoms with Gasteiger partial charge in [0.1, 0.15) is 18.1 Å². The Morgan fingerprint density at radius 3 is 2.84 bits per heavy atom. The molecule has 0 aliphatic carbocycles. The van der Waals surface area contributed by atoms with Gasteiger partial charge in [-0.15, -0.1) is 0 Å². The van der Waals surface area contributed by atoms with Crippen LogP contribution in [0.5, 0.6) is 5.75 Å². The largest absolute Gasteiger partial charge is 0.496 e. The van der Waals surface area contributed by atoms with E-state index in [-0.39, 0.29) is 29.4 Å². The van der Waals surface area contributed by atoms with Gasteiger partial charge in [-0.25, -0.2) is 8.78 Å². The minimum atomic E-state index is -4.24. The standard InChI is InChI=1S/C20H22F4N2O4S/c1-28-16-5-4-12(7-13(16)10-29-11-20(23,24)18(21)22)8-15-17(27)26(19(31)25-15)9-14-3-2-6-30-14/h4-5,7-8,14,18H,2-3,6,9-11H2,1H3,(H,25,31)/b15-8+. The highest BCUT2D eigenvalue weighted by Gasteiger charge is 2.41. The van der Waals surface area contributed by atoms with Crippen molar-refractivity contribution < 1.29 is 36.6 Å². The van der Waals surface area contributed by atoms with E-state index in [1.807, 2.05) is 0 Å². The maximum absolute atomic E-state index is 13.1. The SMILES string of the molecule is COc1ccc(/C=C2/NC(=S)N(CC3CCCO3)C2=O)cc1COCC(F)(F)C(F)F. The third kappa shape index (κ3) is 5.72. The van der Waals surface area contributed by atoms with Crippen LogP contribution >= 0.6 is 12.2 Å². The third-order valence-electron chi connectivity index (χ3n) is 4.86. The van der Waals surface area contributed by atoms with Crippen molar-refractivity contribution in [3.05, 3.63) is 35.0 Å². The summed E-state index contributed by atoms with van der Waals surface area (Å²) in [6.45, 7) is -0.767. The van der Waals surface area contributed by atoms with Crippen molar-refractivity contribution in [2.24, 2.45) is 0 Å². The van der Waals surface area contributed by atoms with E-state index in [0.717, 1.165) is 12.8 Å². The number of amides is 1. The Bertz CT molecular complexity index is 860. The summed E-state index contributed by atoms with van der Waals surface area (Å²) in [6.07, 6.45) is -0.515. The molecule has 11 heteroatoms. The number of hydrogen-bond acceptors (Lipinski definition) is 5. The highest BCUT2D eigenvalue weighted by molar-refractivity contribution is 7.80. The summed E-state index contributed by atoms with van der Waals surface area (Å²) in [7, 11) is 1.38. The van der Waals surface area contributed by atoms with Gasteiger partial charge in [0.05, 0.1) is 26.4 Å². The predicted molar refractivity (Wildman–Crippen MR) is 108 cm³/mol. The lowest BCUT2D eigenvalue weighted by Gasteiger charge is -2.18. The van der Waals surface area contributed by atoms with E-state index in [1.165, 1.54) is 12.0 Å². The molecule has 170 valence electrons. The van der Waals surface area contributed by atoms with Gasteiger partial charge in [-0.1, -0.05) is 6.07 Å². The molecule has 31 heavy (non-hydrogen) atoms. The second kappa shape index (κ2) is 9.92. The van der Waals surface area contributed by atoms with Crippen LogP contribution in [0.15, 0.2) is 23.9 Å². The smallest absolute Gasteiger partial charge is 0.330 e. The van der Waals surface area contributed by atoms with Crippen molar-refractivity contribution in [3.8, 4) is 5.75 Å². The molecule has 2 fully saturated rings. The Hall–Kier alpha value is -2.24. The summed E-state index contributed by atoms with van der Waals surface area (Å²) < 4.78 is 66.2. The highest BCUT2D eigenvalue weighted by Crippen LogP contribution is 2.26. The van der Waals surface area contributed by atoms with Crippen LogP contribution in [0.25, 0.3) is 6.08 Å². The number of nitrogens with one attached hydrogen (secondary N) is 1. The van der Waals surface area contributed by atoms with Crippen LogP contribution in [-0.2, 0) is 20.9 Å². The number of hydrogen-bond donors (Lipinski definition) is 1. The van der Waals surface area contributed by atoms with Crippen molar-refractivity contribution >= 4 is 29.3 Å². The zero-order valence-electron chi connectivity index (χ0n) is 16.7. The van der Waals surface area contributed by atoms with E-state index in [4.69, 9.17) is 26.4 Å². The molecule has 2 saturated heterocycles. The second-order valence-corrected chi connectivity index (χ2v) is 7.55. The molecule has 6 nitrogen and oxygen atoms in total. The average Bonchev–Trinajstić information content (AvgIpc) is 3.32. The number of alkyl halides is 4.